The Bertz CT molecular complexity index is 287. The summed E-state index contributed by atoms with van der Waals surface area (Å²) in [6.07, 6.45) is 3.95. The summed E-state index contributed by atoms with van der Waals surface area (Å²) in [5.74, 6) is 0.720. The fourth-order valence-corrected chi connectivity index (χ4v) is 3.74. The van der Waals surface area contributed by atoms with Crippen molar-refractivity contribution < 1.29 is 0 Å². The van der Waals surface area contributed by atoms with Crippen molar-refractivity contribution in [2.75, 3.05) is 0 Å². The number of nitrogens with two attached hydrogens (primary N) is 1. The molecule has 4 heteroatoms. The van der Waals surface area contributed by atoms with Gasteiger partial charge in [0.25, 0.3) is 0 Å². The number of hydrogen-bond donors (Lipinski definition) is 1. The van der Waals surface area contributed by atoms with Crippen LogP contribution < -0.4 is 5.73 Å². The molecule has 1 saturated carbocycles. The van der Waals surface area contributed by atoms with E-state index in [2.05, 4.69) is 37.9 Å². The second-order valence-electron chi connectivity index (χ2n) is 3.49. The highest BCUT2D eigenvalue weighted by molar-refractivity contribution is 9.13. The maximum absolute atomic E-state index is 6.15. The van der Waals surface area contributed by atoms with Crippen molar-refractivity contribution in [3.05, 3.63) is 19.2 Å². The minimum absolute atomic E-state index is 0.251. The van der Waals surface area contributed by atoms with Gasteiger partial charge < -0.3 is 5.73 Å². The zero-order valence-electron chi connectivity index (χ0n) is 7.09. The van der Waals surface area contributed by atoms with Crippen LogP contribution in [0.2, 0.25) is 0 Å². The van der Waals surface area contributed by atoms with Gasteiger partial charge in [0.2, 0.25) is 0 Å². The Hall–Kier alpha value is 0.620. The summed E-state index contributed by atoms with van der Waals surface area (Å²) in [5.41, 5.74) is 6.15. The van der Waals surface area contributed by atoms with Gasteiger partial charge in [-0.1, -0.05) is 6.42 Å². The fraction of sp³-hybridized carbons (Fsp3) is 0.556. The van der Waals surface area contributed by atoms with Crippen molar-refractivity contribution in [2.24, 2.45) is 11.7 Å². The van der Waals surface area contributed by atoms with E-state index in [1.807, 2.05) is 0 Å². The topological polar surface area (TPSA) is 26.0 Å². The Kier molecular flexibility index (Phi) is 3.13. The van der Waals surface area contributed by atoms with Gasteiger partial charge in [-0.15, -0.1) is 11.3 Å². The van der Waals surface area contributed by atoms with Crippen molar-refractivity contribution in [2.45, 2.75) is 25.3 Å². The Morgan fingerprint density at radius 2 is 2.15 bits per heavy atom. The van der Waals surface area contributed by atoms with Gasteiger partial charge in [-0.2, -0.15) is 0 Å². The van der Waals surface area contributed by atoms with Gasteiger partial charge >= 0.3 is 0 Å². The first-order valence-corrected chi connectivity index (χ1v) is 6.79. The number of halogens is 2. The van der Waals surface area contributed by atoms with Gasteiger partial charge in [0, 0.05) is 15.4 Å². The van der Waals surface area contributed by atoms with Crippen LogP contribution in [0.5, 0.6) is 0 Å². The minimum atomic E-state index is 0.251. The van der Waals surface area contributed by atoms with Crippen molar-refractivity contribution in [1.29, 1.82) is 0 Å². The normalized spacial score (nSPS) is 19.9. The predicted octanol–water partition coefficient (Wildman–Crippen LogP) is 4.07. The molecule has 0 unspecified atom stereocenters. The molecule has 13 heavy (non-hydrogen) atoms. The molecule has 0 saturated heterocycles. The summed E-state index contributed by atoms with van der Waals surface area (Å²) in [6, 6.07) is 2.39. The van der Waals surface area contributed by atoms with Gasteiger partial charge in [0.1, 0.15) is 0 Å². The zero-order chi connectivity index (χ0) is 9.42. The van der Waals surface area contributed by atoms with Crippen LogP contribution in [-0.2, 0) is 0 Å². The first-order valence-electron chi connectivity index (χ1n) is 4.39. The molecule has 0 bridgehead atoms. The smallest absolute Gasteiger partial charge is 0.0843 e. The van der Waals surface area contributed by atoms with E-state index in [1.165, 1.54) is 24.1 Å². The van der Waals surface area contributed by atoms with Crippen molar-refractivity contribution >= 4 is 43.2 Å². The zero-order valence-corrected chi connectivity index (χ0v) is 11.1. The van der Waals surface area contributed by atoms with Crippen LogP contribution in [0.3, 0.4) is 0 Å². The number of hydrogen-bond acceptors (Lipinski definition) is 2. The van der Waals surface area contributed by atoms with Crippen LogP contribution in [0.1, 0.15) is 30.2 Å². The summed E-state index contributed by atoms with van der Waals surface area (Å²) >= 11 is 8.72. The van der Waals surface area contributed by atoms with E-state index < -0.39 is 0 Å². The molecule has 1 atom stereocenters. The quantitative estimate of drug-likeness (QED) is 0.871. The Balaban J connectivity index is 2.14. The predicted molar refractivity (Wildman–Crippen MR) is 64.0 cm³/mol. The SMILES string of the molecule is N[C@@H](c1cc(Br)c(Br)s1)C1CCC1. The Morgan fingerprint density at radius 3 is 2.54 bits per heavy atom. The van der Waals surface area contributed by atoms with Gasteiger partial charge in [-0.3, -0.25) is 0 Å². The Morgan fingerprint density at radius 1 is 1.46 bits per heavy atom. The van der Waals surface area contributed by atoms with Gasteiger partial charge in [-0.25, -0.2) is 0 Å². The number of rotatable bonds is 2. The molecule has 0 radical (unpaired) electrons. The molecule has 2 rings (SSSR count). The lowest BCUT2D eigenvalue weighted by atomic mass is 9.79. The molecule has 1 nitrogen and oxygen atoms in total. The summed E-state index contributed by atoms with van der Waals surface area (Å²) < 4.78 is 2.28. The van der Waals surface area contributed by atoms with Crippen LogP contribution in [0.25, 0.3) is 0 Å². The van der Waals surface area contributed by atoms with E-state index in [0.29, 0.717) is 0 Å². The molecule has 2 N–H and O–H groups in total. The van der Waals surface area contributed by atoms with E-state index in [4.69, 9.17) is 5.73 Å². The van der Waals surface area contributed by atoms with Gasteiger partial charge in [-0.05, 0) is 56.7 Å². The molecule has 1 aliphatic carbocycles. The largest absolute Gasteiger partial charge is 0.323 e. The highest BCUT2D eigenvalue weighted by Gasteiger charge is 2.26. The molecule has 1 heterocycles. The highest BCUT2D eigenvalue weighted by atomic mass is 79.9. The summed E-state index contributed by atoms with van der Waals surface area (Å²) in [7, 11) is 0. The van der Waals surface area contributed by atoms with E-state index in [1.54, 1.807) is 11.3 Å². The third-order valence-corrected chi connectivity index (χ3v) is 6.01. The fourth-order valence-electron chi connectivity index (χ4n) is 1.56. The molecule has 1 aromatic heterocycles. The number of thiophene rings is 1. The van der Waals surface area contributed by atoms with E-state index in [9.17, 15) is 0 Å². The van der Waals surface area contributed by atoms with Gasteiger partial charge in [0.05, 0.1) is 3.79 Å². The van der Waals surface area contributed by atoms with Crippen LogP contribution in [0.15, 0.2) is 14.3 Å². The summed E-state index contributed by atoms with van der Waals surface area (Å²) in [6.45, 7) is 0. The molecule has 72 valence electrons. The monoisotopic (exact) mass is 323 g/mol. The third kappa shape index (κ3) is 2.01. The Labute approximate surface area is 99.0 Å². The van der Waals surface area contributed by atoms with Crippen LogP contribution in [-0.4, -0.2) is 0 Å². The lowest BCUT2D eigenvalue weighted by molar-refractivity contribution is 0.267. The summed E-state index contributed by atoms with van der Waals surface area (Å²) in [4.78, 5) is 1.29. The third-order valence-electron chi connectivity index (χ3n) is 2.65. The molecule has 0 aromatic carbocycles. The first-order chi connectivity index (χ1) is 6.18. The molecular formula is C9H11Br2NS. The van der Waals surface area contributed by atoms with E-state index >= 15 is 0 Å². The van der Waals surface area contributed by atoms with E-state index in [0.717, 1.165) is 14.2 Å². The molecule has 0 spiro atoms. The minimum Gasteiger partial charge on any atom is -0.323 e. The summed E-state index contributed by atoms with van der Waals surface area (Å²) in [5, 5.41) is 0. The van der Waals surface area contributed by atoms with Crippen molar-refractivity contribution in [3.63, 3.8) is 0 Å². The first kappa shape index (κ1) is 10.1. The van der Waals surface area contributed by atoms with Crippen molar-refractivity contribution in [1.82, 2.24) is 0 Å². The lowest BCUT2D eigenvalue weighted by Crippen LogP contribution is -2.25. The molecule has 1 fully saturated rings. The lowest BCUT2D eigenvalue weighted by Gasteiger charge is -2.30. The van der Waals surface area contributed by atoms with Crippen molar-refractivity contribution in [3.8, 4) is 0 Å². The average molecular weight is 325 g/mol. The maximum atomic E-state index is 6.15. The average Bonchev–Trinajstić information content (AvgIpc) is 2.28. The van der Waals surface area contributed by atoms with Crippen LogP contribution >= 0.6 is 43.2 Å². The van der Waals surface area contributed by atoms with Crippen LogP contribution in [0.4, 0.5) is 0 Å². The molecule has 1 aromatic rings. The van der Waals surface area contributed by atoms with E-state index in [-0.39, 0.29) is 6.04 Å². The van der Waals surface area contributed by atoms with Gasteiger partial charge in [0.15, 0.2) is 0 Å². The second kappa shape index (κ2) is 4.01. The standard InChI is InChI=1S/C9H11Br2NS/c10-6-4-7(13-9(6)11)8(12)5-2-1-3-5/h4-5,8H,1-3,12H2/t8-/m1/s1. The molecular weight excluding hydrogens is 314 g/mol. The molecule has 0 amide bonds. The highest BCUT2D eigenvalue weighted by Crippen LogP contribution is 2.42. The second-order valence-corrected chi connectivity index (χ2v) is 6.74. The molecule has 1 aliphatic rings. The van der Waals surface area contributed by atoms with Crippen LogP contribution in [0, 0.1) is 5.92 Å². The maximum Gasteiger partial charge on any atom is 0.0843 e. The molecule has 0 aliphatic heterocycles.